The number of anilines is 2. The molecule has 6 nitrogen and oxygen atoms in total. The van der Waals surface area contributed by atoms with Gasteiger partial charge in [0.15, 0.2) is 6.61 Å². The van der Waals surface area contributed by atoms with Crippen molar-refractivity contribution in [3.63, 3.8) is 0 Å². The smallest absolute Gasteiger partial charge is 0.262 e. The van der Waals surface area contributed by atoms with Gasteiger partial charge in [0.1, 0.15) is 5.75 Å². The van der Waals surface area contributed by atoms with Crippen LogP contribution in [0.25, 0.3) is 0 Å². The van der Waals surface area contributed by atoms with Crippen LogP contribution in [-0.4, -0.2) is 25.0 Å². The average Bonchev–Trinajstić information content (AvgIpc) is 2.58. The van der Waals surface area contributed by atoms with Gasteiger partial charge in [-0.1, -0.05) is 12.1 Å². The third-order valence-electron chi connectivity index (χ3n) is 3.88. The number of hydrogen-bond donors (Lipinski definition) is 3. The standard InChI is InChI=1S/C19H23N3O3/c1-12-5-4-6-17(14(12)3)25-11-19(24)22-16-8-7-15(9-13(16)2)21-18(23)10-20/h4-9H,10-11,20H2,1-3H3,(H,21,23)(H,22,24). The van der Waals surface area contributed by atoms with Crippen molar-refractivity contribution in [1.29, 1.82) is 0 Å². The summed E-state index contributed by atoms with van der Waals surface area (Å²) in [6.07, 6.45) is 0. The fraction of sp³-hybridized carbons (Fsp3) is 0.263. The quantitative estimate of drug-likeness (QED) is 0.752. The lowest BCUT2D eigenvalue weighted by Crippen LogP contribution is -2.22. The zero-order valence-electron chi connectivity index (χ0n) is 14.7. The van der Waals surface area contributed by atoms with Gasteiger partial charge in [0.2, 0.25) is 5.91 Å². The second-order valence-corrected chi connectivity index (χ2v) is 5.82. The molecule has 0 aliphatic rings. The van der Waals surface area contributed by atoms with Crippen LogP contribution in [0.5, 0.6) is 5.75 Å². The first-order chi connectivity index (χ1) is 11.9. The van der Waals surface area contributed by atoms with Crippen LogP contribution in [0.15, 0.2) is 36.4 Å². The monoisotopic (exact) mass is 341 g/mol. The molecule has 0 unspecified atom stereocenters. The van der Waals surface area contributed by atoms with E-state index in [0.29, 0.717) is 17.1 Å². The van der Waals surface area contributed by atoms with Crippen LogP contribution in [0.2, 0.25) is 0 Å². The predicted octanol–water partition coefficient (Wildman–Crippen LogP) is 2.53. The Hall–Kier alpha value is -2.86. The molecular weight excluding hydrogens is 318 g/mol. The molecule has 0 aromatic heterocycles. The molecule has 0 aliphatic carbocycles. The van der Waals surface area contributed by atoms with Crippen molar-refractivity contribution in [2.45, 2.75) is 20.8 Å². The third-order valence-corrected chi connectivity index (χ3v) is 3.88. The Kier molecular flexibility index (Phi) is 6.14. The Morgan fingerprint density at radius 1 is 1.00 bits per heavy atom. The van der Waals surface area contributed by atoms with E-state index in [1.165, 1.54) is 0 Å². The molecule has 0 bridgehead atoms. The van der Waals surface area contributed by atoms with E-state index >= 15 is 0 Å². The zero-order chi connectivity index (χ0) is 18.4. The Balaban J connectivity index is 1.96. The lowest BCUT2D eigenvalue weighted by Gasteiger charge is -2.13. The summed E-state index contributed by atoms with van der Waals surface area (Å²) in [7, 11) is 0. The SMILES string of the molecule is Cc1cc(NC(=O)CN)ccc1NC(=O)COc1cccc(C)c1C. The van der Waals surface area contributed by atoms with Gasteiger partial charge in [0.05, 0.1) is 6.54 Å². The third kappa shape index (κ3) is 5.06. The van der Waals surface area contributed by atoms with Crippen LogP contribution in [0.4, 0.5) is 11.4 Å². The molecule has 4 N–H and O–H groups in total. The molecular formula is C19H23N3O3. The summed E-state index contributed by atoms with van der Waals surface area (Å²) in [6.45, 7) is 5.65. The number of aryl methyl sites for hydroxylation is 2. The van der Waals surface area contributed by atoms with Crippen molar-refractivity contribution in [2.24, 2.45) is 5.73 Å². The van der Waals surface area contributed by atoms with Crippen molar-refractivity contribution in [3.8, 4) is 5.75 Å². The Morgan fingerprint density at radius 2 is 1.76 bits per heavy atom. The molecule has 0 saturated carbocycles. The van der Waals surface area contributed by atoms with Gasteiger partial charge in [-0.25, -0.2) is 0 Å². The van der Waals surface area contributed by atoms with E-state index in [1.807, 2.05) is 39.0 Å². The molecule has 2 aromatic rings. The van der Waals surface area contributed by atoms with E-state index in [9.17, 15) is 9.59 Å². The topological polar surface area (TPSA) is 93.5 Å². The van der Waals surface area contributed by atoms with E-state index in [0.717, 1.165) is 16.7 Å². The number of rotatable bonds is 6. The highest BCUT2D eigenvalue weighted by atomic mass is 16.5. The highest BCUT2D eigenvalue weighted by molar-refractivity contribution is 5.94. The summed E-state index contributed by atoms with van der Waals surface area (Å²) in [6, 6.07) is 11.0. The van der Waals surface area contributed by atoms with Crippen LogP contribution < -0.4 is 21.1 Å². The second kappa shape index (κ2) is 8.30. The molecule has 0 aliphatic heterocycles. The fourth-order valence-electron chi connectivity index (χ4n) is 2.30. The van der Waals surface area contributed by atoms with E-state index in [4.69, 9.17) is 10.5 Å². The number of nitrogens with two attached hydrogens (primary N) is 1. The van der Waals surface area contributed by atoms with Crippen LogP contribution >= 0.6 is 0 Å². The van der Waals surface area contributed by atoms with Crippen LogP contribution in [0.3, 0.4) is 0 Å². The molecule has 0 radical (unpaired) electrons. The number of ether oxygens (including phenoxy) is 1. The maximum absolute atomic E-state index is 12.1. The maximum Gasteiger partial charge on any atom is 0.262 e. The van der Waals surface area contributed by atoms with Crippen molar-refractivity contribution in [2.75, 3.05) is 23.8 Å². The van der Waals surface area contributed by atoms with Crippen LogP contribution in [0.1, 0.15) is 16.7 Å². The molecule has 0 fully saturated rings. The highest BCUT2D eigenvalue weighted by Gasteiger charge is 2.09. The first kappa shape index (κ1) is 18.5. The van der Waals surface area contributed by atoms with Gasteiger partial charge in [-0.05, 0) is 61.7 Å². The van der Waals surface area contributed by atoms with Crippen molar-refractivity contribution >= 4 is 23.2 Å². The number of benzene rings is 2. The molecule has 2 aromatic carbocycles. The Bertz CT molecular complexity index is 787. The molecule has 132 valence electrons. The Labute approximate surface area is 147 Å². The number of carbonyl (C=O) groups excluding carboxylic acids is 2. The summed E-state index contributed by atoms with van der Waals surface area (Å²) >= 11 is 0. The minimum absolute atomic E-state index is 0.0740. The number of amides is 2. The van der Waals surface area contributed by atoms with E-state index in [2.05, 4.69) is 10.6 Å². The molecule has 2 amide bonds. The van der Waals surface area contributed by atoms with Gasteiger partial charge in [0.25, 0.3) is 5.91 Å². The van der Waals surface area contributed by atoms with Gasteiger partial charge in [0, 0.05) is 11.4 Å². The van der Waals surface area contributed by atoms with Crippen LogP contribution in [-0.2, 0) is 9.59 Å². The van der Waals surface area contributed by atoms with Gasteiger partial charge >= 0.3 is 0 Å². The second-order valence-electron chi connectivity index (χ2n) is 5.82. The van der Waals surface area contributed by atoms with E-state index in [1.54, 1.807) is 18.2 Å². The van der Waals surface area contributed by atoms with Crippen molar-refractivity contribution < 1.29 is 14.3 Å². The maximum atomic E-state index is 12.1. The molecule has 0 atom stereocenters. The normalized spacial score (nSPS) is 10.2. The number of carbonyl (C=O) groups is 2. The van der Waals surface area contributed by atoms with E-state index in [-0.39, 0.29) is 25.0 Å². The Morgan fingerprint density at radius 3 is 2.44 bits per heavy atom. The largest absolute Gasteiger partial charge is 0.483 e. The molecule has 0 heterocycles. The lowest BCUT2D eigenvalue weighted by atomic mass is 10.1. The van der Waals surface area contributed by atoms with Crippen molar-refractivity contribution in [3.05, 3.63) is 53.1 Å². The fourth-order valence-corrected chi connectivity index (χ4v) is 2.30. The molecule has 2 rings (SSSR count). The van der Waals surface area contributed by atoms with Gasteiger partial charge < -0.3 is 21.1 Å². The first-order valence-electron chi connectivity index (χ1n) is 8.00. The predicted molar refractivity (Wildman–Crippen MR) is 98.9 cm³/mol. The summed E-state index contributed by atoms with van der Waals surface area (Å²) in [4.78, 5) is 23.4. The summed E-state index contributed by atoms with van der Waals surface area (Å²) in [5.74, 6) is 0.188. The molecule has 0 saturated heterocycles. The highest BCUT2D eigenvalue weighted by Crippen LogP contribution is 2.21. The van der Waals surface area contributed by atoms with Crippen molar-refractivity contribution in [1.82, 2.24) is 0 Å². The minimum atomic E-state index is -0.266. The first-order valence-corrected chi connectivity index (χ1v) is 8.00. The summed E-state index contributed by atoms with van der Waals surface area (Å²) in [5, 5.41) is 5.48. The summed E-state index contributed by atoms with van der Waals surface area (Å²) < 4.78 is 5.60. The minimum Gasteiger partial charge on any atom is -0.483 e. The molecule has 25 heavy (non-hydrogen) atoms. The average molecular weight is 341 g/mol. The lowest BCUT2D eigenvalue weighted by molar-refractivity contribution is -0.118. The molecule has 6 heteroatoms. The van der Waals surface area contributed by atoms with Gasteiger partial charge in [-0.15, -0.1) is 0 Å². The summed E-state index contributed by atoms with van der Waals surface area (Å²) in [5.41, 5.74) is 9.54. The van der Waals surface area contributed by atoms with Gasteiger partial charge in [-0.3, -0.25) is 9.59 Å². The van der Waals surface area contributed by atoms with E-state index < -0.39 is 0 Å². The molecule has 0 spiro atoms. The van der Waals surface area contributed by atoms with Gasteiger partial charge in [-0.2, -0.15) is 0 Å². The van der Waals surface area contributed by atoms with Crippen LogP contribution in [0, 0.1) is 20.8 Å². The zero-order valence-corrected chi connectivity index (χ0v) is 14.7. The number of nitrogens with one attached hydrogen (secondary N) is 2. The number of hydrogen-bond acceptors (Lipinski definition) is 4.